The lowest BCUT2D eigenvalue weighted by Crippen LogP contribution is -2.53. The highest BCUT2D eigenvalue weighted by atomic mass is 31.2. The van der Waals surface area contributed by atoms with Crippen LogP contribution in [0.5, 0.6) is 0 Å². The van der Waals surface area contributed by atoms with Gasteiger partial charge in [0.25, 0.3) is 0 Å². The lowest BCUT2D eigenvalue weighted by Gasteiger charge is -2.24. The van der Waals surface area contributed by atoms with Gasteiger partial charge in [-0.2, -0.15) is 0 Å². The summed E-state index contributed by atoms with van der Waals surface area (Å²) in [6.45, 7) is 0.745. The van der Waals surface area contributed by atoms with Crippen LogP contribution in [-0.2, 0) is 20.7 Å². The third-order valence-electron chi connectivity index (χ3n) is 3.95. The van der Waals surface area contributed by atoms with Crippen molar-refractivity contribution in [2.45, 2.75) is 38.2 Å². The van der Waals surface area contributed by atoms with Gasteiger partial charge in [-0.1, -0.05) is 30.3 Å². The van der Waals surface area contributed by atoms with Gasteiger partial charge in [-0.25, -0.2) is 14.9 Å². The molecule has 0 aliphatic heterocycles. The first-order chi connectivity index (χ1) is 14.4. The molecule has 7 N–H and O–H groups in total. The maximum atomic E-state index is 12.6. The fourth-order valence-electron chi connectivity index (χ4n) is 2.34. The van der Waals surface area contributed by atoms with Crippen LogP contribution in [-0.4, -0.2) is 56.2 Å². The number of nitro groups is 1. The normalized spacial score (nSPS) is 12.9. The molecular formula is C16H25N6O8P. The molecule has 0 aliphatic carbocycles. The van der Waals surface area contributed by atoms with Gasteiger partial charge in [0.2, 0.25) is 5.91 Å². The molecule has 0 aliphatic rings. The van der Waals surface area contributed by atoms with E-state index in [0.29, 0.717) is 5.56 Å². The lowest BCUT2D eigenvalue weighted by atomic mass is 10.1. The number of rotatable bonds is 11. The summed E-state index contributed by atoms with van der Waals surface area (Å²) in [6.07, 6.45) is -1.64. The average molecular weight is 460 g/mol. The average Bonchev–Trinajstić information content (AvgIpc) is 2.67. The van der Waals surface area contributed by atoms with Crippen LogP contribution in [0.2, 0.25) is 0 Å². The molecule has 0 heterocycles. The van der Waals surface area contributed by atoms with Gasteiger partial charge in [0.1, 0.15) is 12.4 Å². The van der Waals surface area contributed by atoms with E-state index in [1.165, 1.54) is 0 Å². The van der Waals surface area contributed by atoms with Crippen LogP contribution < -0.4 is 16.8 Å². The van der Waals surface area contributed by atoms with Crippen molar-refractivity contribution >= 4 is 25.6 Å². The molecule has 15 heteroatoms. The summed E-state index contributed by atoms with van der Waals surface area (Å²) < 4.78 is 16.3. The highest BCUT2D eigenvalue weighted by Gasteiger charge is 2.41. The van der Waals surface area contributed by atoms with E-state index in [1.807, 2.05) is 5.32 Å². The van der Waals surface area contributed by atoms with Crippen LogP contribution >= 0.6 is 7.60 Å². The number of benzene rings is 1. The smallest absolute Gasteiger partial charge is 0.441 e. The van der Waals surface area contributed by atoms with Gasteiger partial charge < -0.3 is 31.3 Å². The predicted octanol–water partition coefficient (Wildman–Crippen LogP) is -0.121. The van der Waals surface area contributed by atoms with Crippen molar-refractivity contribution in [1.82, 2.24) is 10.3 Å². The molecule has 2 atom stereocenters. The van der Waals surface area contributed by atoms with E-state index in [0.717, 1.165) is 6.92 Å². The first-order valence-electron chi connectivity index (χ1n) is 8.98. The first-order valence-corrected chi connectivity index (χ1v) is 10.7. The molecule has 172 valence electrons. The monoisotopic (exact) mass is 460 g/mol. The Bertz CT molecular complexity index is 842. The van der Waals surface area contributed by atoms with Crippen molar-refractivity contribution in [3.8, 4) is 0 Å². The molecule has 14 nitrogen and oxygen atoms in total. The zero-order valence-electron chi connectivity index (χ0n) is 16.7. The molecule has 0 aromatic heterocycles. The Morgan fingerprint density at radius 1 is 1.32 bits per heavy atom. The van der Waals surface area contributed by atoms with Crippen molar-refractivity contribution in [1.29, 1.82) is 0 Å². The number of carbonyl (C=O) groups is 2. The molecule has 0 saturated heterocycles. The number of nitrogens with zero attached hydrogens (tertiary/aromatic N) is 3. The zero-order chi connectivity index (χ0) is 23.6. The van der Waals surface area contributed by atoms with Gasteiger partial charge in [0, 0.05) is 6.54 Å². The molecule has 0 spiro atoms. The second-order valence-electron chi connectivity index (χ2n) is 6.36. The van der Waals surface area contributed by atoms with Gasteiger partial charge in [-0.15, -0.1) is 0 Å². The Kier molecular flexibility index (Phi) is 9.86. The highest BCUT2D eigenvalue weighted by Crippen LogP contribution is 2.39. The van der Waals surface area contributed by atoms with Gasteiger partial charge in [-0.3, -0.25) is 14.4 Å². The Hall–Kier alpha value is -3.22. The number of nitrogens with one attached hydrogen (secondary N) is 1. The molecule has 0 fully saturated rings. The largest absolute Gasteiger partial charge is 0.469 e. The number of amides is 2. The molecular weight excluding hydrogens is 435 g/mol. The van der Waals surface area contributed by atoms with Crippen molar-refractivity contribution in [2.75, 3.05) is 6.54 Å². The molecule has 2 amide bonds. The summed E-state index contributed by atoms with van der Waals surface area (Å²) in [5, 5.41) is 12.4. The Balaban J connectivity index is 3.02. The number of guanidine groups is 1. The van der Waals surface area contributed by atoms with Crippen LogP contribution in [0.25, 0.3) is 0 Å². The maximum Gasteiger partial charge on any atom is 0.469 e. The quantitative estimate of drug-likeness (QED) is 0.0734. The summed E-state index contributed by atoms with van der Waals surface area (Å²) in [5.74, 6) is -3.01. The summed E-state index contributed by atoms with van der Waals surface area (Å²) in [7, 11) is -4.72. The van der Waals surface area contributed by atoms with Crippen LogP contribution in [0, 0.1) is 10.1 Å². The molecule has 0 saturated carbocycles. The van der Waals surface area contributed by atoms with Crippen molar-refractivity contribution in [3.05, 3.63) is 46.0 Å². The summed E-state index contributed by atoms with van der Waals surface area (Å²) in [6, 6.07) is 6.61. The SMILES string of the molecule is C[C@H](NC(=O)[C@H](CCCN=C(N)N)N(C(=O)OCc1ccccc1)[N+](=O)[O-])P(=O)(O)O. The van der Waals surface area contributed by atoms with E-state index in [4.69, 9.17) is 16.2 Å². The van der Waals surface area contributed by atoms with Gasteiger partial charge in [0.05, 0.1) is 0 Å². The molecule has 0 radical (unpaired) electrons. The summed E-state index contributed by atoms with van der Waals surface area (Å²) in [5.41, 5.74) is 11.0. The minimum Gasteiger partial charge on any atom is -0.441 e. The standard InChI is InChI=1S/C16H25N6O8P/c1-11(31(27,28)29)20-14(23)13(8-5-9-19-15(17)18)21(22(25)26)16(24)30-10-12-6-3-2-4-7-12/h2-4,6-7,11,13H,5,8-10H2,1H3,(H,20,23)(H4,17,18,19)(H2,27,28,29)/t11-,13+/m1/s1. The van der Waals surface area contributed by atoms with Crippen LogP contribution in [0.3, 0.4) is 0 Å². The molecule has 1 aromatic carbocycles. The molecule has 0 unspecified atom stereocenters. The zero-order valence-corrected chi connectivity index (χ0v) is 17.6. The minimum absolute atomic E-state index is 0.00474. The molecule has 0 bridgehead atoms. The van der Waals surface area contributed by atoms with Crippen molar-refractivity contribution < 1.29 is 33.7 Å². The number of carbonyl (C=O) groups excluding carboxylic acids is 2. The topological polar surface area (TPSA) is 224 Å². The number of ether oxygens (including phenoxy) is 1. The van der Waals surface area contributed by atoms with Crippen LogP contribution in [0.4, 0.5) is 4.79 Å². The van der Waals surface area contributed by atoms with Gasteiger partial charge in [0.15, 0.2) is 17.0 Å². The van der Waals surface area contributed by atoms with Crippen LogP contribution in [0.1, 0.15) is 25.3 Å². The van der Waals surface area contributed by atoms with E-state index in [9.17, 15) is 34.1 Å². The fraction of sp³-hybridized carbons (Fsp3) is 0.438. The van der Waals surface area contributed by atoms with E-state index in [1.54, 1.807) is 30.3 Å². The van der Waals surface area contributed by atoms with Gasteiger partial charge >= 0.3 is 13.7 Å². The van der Waals surface area contributed by atoms with Gasteiger partial charge in [-0.05, 0) is 30.3 Å². The Morgan fingerprint density at radius 2 is 1.94 bits per heavy atom. The summed E-state index contributed by atoms with van der Waals surface area (Å²) >= 11 is 0. The predicted molar refractivity (Wildman–Crippen MR) is 109 cm³/mol. The Labute approximate surface area is 177 Å². The van der Waals surface area contributed by atoms with E-state index in [-0.39, 0.29) is 37.0 Å². The lowest BCUT2D eigenvalue weighted by molar-refractivity contribution is -0.641. The van der Waals surface area contributed by atoms with Crippen LogP contribution in [0.15, 0.2) is 35.3 Å². The number of hydrazine groups is 1. The second-order valence-corrected chi connectivity index (χ2v) is 8.31. The minimum atomic E-state index is -4.72. The number of nitrogens with two attached hydrogens (primary N) is 2. The third kappa shape index (κ3) is 8.99. The number of hydrogen-bond donors (Lipinski definition) is 5. The van der Waals surface area contributed by atoms with E-state index >= 15 is 0 Å². The van der Waals surface area contributed by atoms with Crippen molar-refractivity contribution in [3.63, 3.8) is 0 Å². The fourth-order valence-corrected chi connectivity index (χ4v) is 2.63. The van der Waals surface area contributed by atoms with Crippen molar-refractivity contribution in [2.24, 2.45) is 16.5 Å². The molecule has 31 heavy (non-hydrogen) atoms. The molecule has 1 rings (SSSR count). The molecule has 1 aromatic rings. The van der Waals surface area contributed by atoms with E-state index in [2.05, 4.69) is 4.99 Å². The van der Waals surface area contributed by atoms with E-state index < -0.39 is 36.5 Å². The highest BCUT2D eigenvalue weighted by molar-refractivity contribution is 7.52. The number of hydrogen-bond acceptors (Lipinski definition) is 7. The maximum absolute atomic E-state index is 12.6. The Morgan fingerprint density at radius 3 is 2.45 bits per heavy atom. The second kappa shape index (κ2) is 11.8. The number of aliphatic imine (C=N–C) groups is 1. The third-order valence-corrected chi connectivity index (χ3v) is 5.09. The summed E-state index contributed by atoms with van der Waals surface area (Å²) in [4.78, 5) is 58.5. The first kappa shape index (κ1) is 25.8.